The van der Waals surface area contributed by atoms with Crippen LogP contribution in [-0.2, 0) is 4.74 Å². The molecular weight excluding hydrogens is 308 g/mol. The van der Waals surface area contributed by atoms with Crippen LogP contribution in [0.25, 0.3) is 0 Å². The predicted molar refractivity (Wildman–Crippen MR) is 90.5 cm³/mol. The van der Waals surface area contributed by atoms with Gasteiger partial charge in [0.25, 0.3) is 5.91 Å². The number of rotatable bonds is 6. The van der Waals surface area contributed by atoms with Gasteiger partial charge >= 0.3 is 0 Å². The van der Waals surface area contributed by atoms with Gasteiger partial charge in [-0.1, -0.05) is 36.0 Å². The van der Waals surface area contributed by atoms with Gasteiger partial charge in [0.2, 0.25) is 0 Å². The second-order valence-electron chi connectivity index (χ2n) is 5.04. The lowest BCUT2D eigenvalue weighted by Gasteiger charge is -2.15. The van der Waals surface area contributed by atoms with Crippen molar-refractivity contribution in [2.75, 3.05) is 13.7 Å². The fourth-order valence-electron chi connectivity index (χ4n) is 2.10. The number of benzene rings is 2. The van der Waals surface area contributed by atoms with Crippen molar-refractivity contribution in [1.82, 2.24) is 5.32 Å². The Morgan fingerprint density at radius 1 is 1.22 bits per heavy atom. The summed E-state index contributed by atoms with van der Waals surface area (Å²) < 4.78 is 5.04. The van der Waals surface area contributed by atoms with E-state index in [1.807, 2.05) is 43.3 Å². The molecule has 0 aliphatic rings. The van der Waals surface area contributed by atoms with Crippen LogP contribution in [0, 0.1) is 11.3 Å². The summed E-state index contributed by atoms with van der Waals surface area (Å²) in [6.45, 7) is 2.35. The lowest BCUT2D eigenvalue weighted by atomic mass is 10.2. The molecule has 0 saturated carbocycles. The number of carbonyl (C=O) groups is 1. The SMILES string of the molecule is COCC(C)NC(=O)c1ccccc1Sc1ccccc1C#N. The van der Waals surface area contributed by atoms with Crippen molar-refractivity contribution in [3.8, 4) is 6.07 Å². The minimum atomic E-state index is -0.146. The summed E-state index contributed by atoms with van der Waals surface area (Å²) in [6.07, 6.45) is 0. The summed E-state index contributed by atoms with van der Waals surface area (Å²) in [5, 5.41) is 12.1. The number of hydrogen-bond donors (Lipinski definition) is 1. The lowest BCUT2D eigenvalue weighted by molar-refractivity contribution is 0.0902. The van der Waals surface area contributed by atoms with E-state index < -0.39 is 0 Å². The third-order valence-electron chi connectivity index (χ3n) is 3.15. The summed E-state index contributed by atoms with van der Waals surface area (Å²) >= 11 is 1.42. The predicted octanol–water partition coefficient (Wildman–Crippen LogP) is 3.47. The fraction of sp³-hybridized carbons (Fsp3) is 0.222. The topological polar surface area (TPSA) is 62.1 Å². The molecule has 4 nitrogen and oxygen atoms in total. The third-order valence-corrected chi connectivity index (χ3v) is 4.31. The van der Waals surface area contributed by atoms with Crippen molar-refractivity contribution in [2.24, 2.45) is 0 Å². The van der Waals surface area contributed by atoms with Crippen molar-refractivity contribution in [3.05, 3.63) is 59.7 Å². The molecule has 2 aromatic rings. The second kappa shape index (κ2) is 8.37. The van der Waals surface area contributed by atoms with E-state index in [1.54, 1.807) is 19.2 Å². The Balaban J connectivity index is 2.24. The Morgan fingerprint density at radius 3 is 2.57 bits per heavy atom. The number of methoxy groups -OCH3 is 1. The molecule has 0 saturated heterocycles. The average Bonchev–Trinajstić information content (AvgIpc) is 2.56. The maximum Gasteiger partial charge on any atom is 0.252 e. The van der Waals surface area contributed by atoms with Gasteiger partial charge < -0.3 is 10.1 Å². The Morgan fingerprint density at radius 2 is 1.87 bits per heavy atom. The first-order valence-corrected chi connectivity index (χ1v) is 8.03. The van der Waals surface area contributed by atoms with Crippen LogP contribution in [-0.4, -0.2) is 25.7 Å². The minimum absolute atomic E-state index is 0.0723. The molecule has 0 aliphatic heterocycles. The highest BCUT2D eigenvalue weighted by molar-refractivity contribution is 7.99. The van der Waals surface area contributed by atoms with E-state index in [2.05, 4.69) is 11.4 Å². The van der Waals surface area contributed by atoms with Gasteiger partial charge in [-0.05, 0) is 31.2 Å². The molecule has 0 spiro atoms. The lowest BCUT2D eigenvalue weighted by Crippen LogP contribution is -2.35. The summed E-state index contributed by atoms with van der Waals surface area (Å²) in [6, 6.07) is 16.8. The maximum atomic E-state index is 12.5. The van der Waals surface area contributed by atoms with Crippen LogP contribution in [0.2, 0.25) is 0 Å². The van der Waals surface area contributed by atoms with E-state index in [9.17, 15) is 10.1 Å². The number of amides is 1. The third kappa shape index (κ3) is 4.59. The zero-order chi connectivity index (χ0) is 16.7. The highest BCUT2D eigenvalue weighted by Crippen LogP contribution is 2.32. The molecule has 1 amide bonds. The Hall–Kier alpha value is -2.29. The summed E-state index contributed by atoms with van der Waals surface area (Å²) in [7, 11) is 1.60. The summed E-state index contributed by atoms with van der Waals surface area (Å²) in [4.78, 5) is 14.1. The quantitative estimate of drug-likeness (QED) is 0.883. The van der Waals surface area contributed by atoms with Crippen LogP contribution in [0.15, 0.2) is 58.3 Å². The molecule has 0 bridgehead atoms. The molecule has 1 atom stereocenters. The Kier molecular flexibility index (Phi) is 6.21. The number of nitrogens with one attached hydrogen (secondary N) is 1. The summed E-state index contributed by atoms with van der Waals surface area (Å²) in [5.41, 5.74) is 1.19. The standard InChI is InChI=1S/C18H18N2O2S/c1-13(12-22-2)20-18(21)15-8-4-6-10-17(15)23-16-9-5-3-7-14(16)11-19/h3-10,13H,12H2,1-2H3,(H,20,21). The molecule has 5 heteroatoms. The van der Waals surface area contributed by atoms with Gasteiger partial charge in [-0.2, -0.15) is 5.26 Å². The van der Waals surface area contributed by atoms with Crippen molar-refractivity contribution in [2.45, 2.75) is 22.8 Å². The van der Waals surface area contributed by atoms with Crippen LogP contribution >= 0.6 is 11.8 Å². The molecule has 1 unspecified atom stereocenters. The van der Waals surface area contributed by atoms with E-state index >= 15 is 0 Å². The van der Waals surface area contributed by atoms with Gasteiger partial charge in [-0.3, -0.25) is 4.79 Å². The Labute approximate surface area is 140 Å². The number of hydrogen-bond acceptors (Lipinski definition) is 4. The first-order valence-electron chi connectivity index (χ1n) is 7.21. The molecule has 23 heavy (non-hydrogen) atoms. The minimum Gasteiger partial charge on any atom is -0.383 e. The molecule has 118 valence electrons. The molecule has 2 aromatic carbocycles. The highest BCUT2D eigenvalue weighted by Gasteiger charge is 2.15. The zero-order valence-electron chi connectivity index (χ0n) is 13.1. The first kappa shape index (κ1) is 17.1. The number of nitrogens with zero attached hydrogens (tertiary/aromatic N) is 1. The first-order chi connectivity index (χ1) is 11.2. The highest BCUT2D eigenvalue weighted by atomic mass is 32.2. The largest absolute Gasteiger partial charge is 0.383 e. The second-order valence-corrected chi connectivity index (χ2v) is 6.12. The number of nitriles is 1. The Bertz CT molecular complexity index is 725. The van der Waals surface area contributed by atoms with Gasteiger partial charge in [-0.15, -0.1) is 0 Å². The van der Waals surface area contributed by atoms with Crippen molar-refractivity contribution in [3.63, 3.8) is 0 Å². The van der Waals surface area contributed by atoms with E-state index in [0.717, 1.165) is 9.79 Å². The average molecular weight is 326 g/mol. The molecular formula is C18H18N2O2S. The molecule has 1 N–H and O–H groups in total. The van der Waals surface area contributed by atoms with Crippen molar-refractivity contribution < 1.29 is 9.53 Å². The molecule has 0 aromatic heterocycles. The molecule has 0 fully saturated rings. The van der Waals surface area contributed by atoms with Gasteiger partial charge in [0.15, 0.2) is 0 Å². The maximum absolute atomic E-state index is 12.5. The normalized spacial score (nSPS) is 11.5. The van der Waals surface area contributed by atoms with Gasteiger partial charge in [-0.25, -0.2) is 0 Å². The van der Waals surface area contributed by atoms with E-state index in [-0.39, 0.29) is 11.9 Å². The van der Waals surface area contributed by atoms with E-state index in [1.165, 1.54) is 11.8 Å². The number of carbonyl (C=O) groups excluding carboxylic acids is 1. The van der Waals surface area contributed by atoms with Crippen molar-refractivity contribution >= 4 is 17.7 Å². The summed E-state index contributed by atoms with van der Waals surface area (Å²) in [5.74, 6) is -0.146. The zero-order valence-corrected chi connectivity index (χ0v) is 13.9. The van der Waals surface area contributed by atoms with Crippen LogP contribution in [0.1, 0.15) is 22.8 Å². The molecule has 0 heterocycles. The van der Waals surface area contributed by atoms with E-state index in [0.29, 0.717) is 17.7 Å². The molecule has 0 aliphatic carbocycles. The fourth-order valence-corrected chi connectivity index (χ4v) is 3.13. The van der Waals surface area contributed by atoms with Crippen LogP contribution in [0.5, 0.6) is 0 Å². The molecule has 2 rings (SSSR count). The van der Waals surface area contributed by atoms with E-state index in [4.69, 9.17) is 4.74 Å². The van der Waals surface area contributed by atoms with Crippen molar-refractivity contribution in [1.29, 1.82) is 5.26 Å². The monoisotopic (exact) mass is 326 g/mol. The molecule has 0 radical (unpaired) electrons. The van der Waals surface area contributed by atoms with Crippen LogP contribution in [0.4, 0.5) is 0 Å². The van der Waals surface area contributed by atoms with Gasteiger partial charge in [0.1, 0.15) is 6.07 Å². The number of ether oxygens (including phenoxy) is 1. The van der Waals surface area contributed by atoms with Gasteiger partial charge in [0, 0.05) is 22.9 Å². The van der Waals surface area contributed by atoms with Gasteiger partial charge in [0.05, 0.1) is 17.7 Å². The van der Waals surface area contributed by atoms with Crippen LogP contribution < -0.4 is 5.32 Å². The smallest absolute Gasteiger partial charge is 0.252 e. The van der Waals surface area contributed by atoms with Crippen LogP contribution in [0.3, 0.4) is 0 Å².